The molecule has 19 heavy (non-hydrogen) atoms. The first-order valence-electron chi connectivity index (χ1n) is 7.47. The minimum atomic E-state index is 0.589. The molecule has 0 radical (unpaired) electrons. The second kappa shape index (κ2) is 6.85. The normalized spacial score (nSPS) is 21.4. The number of hydrogen-bond donors (Lipinski definition) is 1. The van der Waals surface area contributed by atoms with Crippen LogP contribution in [0.25, 0.3) is 0 Å². The van der Waals surface area contributed by atoms with E-state index in [0.717, 1.165) is 37.1 Å². The van der Waals surface area contributed by atoms with Crippen molar-refractivity contribution in [2.75, 3.05) is 24.5 Å². The molecular formula is C15H26N4. The molecule has 0 aromatic carbocycles. The summed E-state index contributed by atoms with van der Waals surface area (Å²) in [4.78, 5) is 11.0. The zero-order chi connectivity index (χ0) is 13.7. The third kappa shape index (κ3) is 3.90. The molecule has 1 aliphatic heterocycles. The van der Waals surface area contributed by atoms with Crippen LogP contribution in [0.3, 0.4) is 0 Å². The molecule has 2 rings (SSSR count). The highest BCUT2D eigenvalue weighted by Crippen LogP contribution is 2.23. The average Bonchev–Trinajstić information content (AvgIpc) is 2.45. The molecule has 4 heteroatoms. The molecule has 0 bridgehead atoms. The van der Waals surface area contributed by atoms with Gasteiger partial charge in [-0.3, -0.25) is 0 Å². The van der Waals surface area contributed by atoms with E-state index in [2.05, 4.69) is 40.1 Å². The van der Waals surface area contributed by atoms with Crippen LogP contribution in [-0.4, -0.2) is 35.6 Å². The molecule has 106 valence electrons. The van der Waals surface area contributed by atoms with Gasteiger partial charge in [0.05, 0.1) is 0 Å². The van der Waals surface area contributed by atoms with E-state index in [1.807, 2.05) is 6.92 Å². The molecule has 2 atom stereocenters. The van der Waals surface area contributed by atoms with Crippen molar-refractivity contribution in [1.82, 2.24) is 15.3 Å². The maximum Gasteiger partial charge on any atom is 0.132 e. The third-order valence-corrected chi connectivity index (χ3v) is 3.99. The summed E-state index contributed by atoms with van der Waals surface area (Å²) in [7, 11) is 0. The SMILES string of the molecule is CCCNC(C)C1CCCN(c2cc(C)ncn2)C1. The smallest absolute Gasteiger partial charge is 0.132 e. The fraction of sp³-hybridized carbons (Fsp3) is 0.733. The Balaban J connectivity index is 1.97. The predicted molar refractivity (Wildman–Crippen MR) is 79.5 cm³/mol. The van der Waals surface area contributed by atoms with Gasteiger partial charge < -0.3 is 10.2 Å². The number of piperidine rings is 1. The maximum atomic E-state index is 4.41. The first kappa shape index (κ1) is 14.3. The zero-order valence-electron chi connectivity index (χ0n) is 12.4. The van der Waals surface area contributed by atoms with Crippen molar-refractivity contribution in [3.05, 3.63) is 18.1 Å². The lowest BCUT2D eigenvalue weighted by Crippen LogP contribution is -2.45. The van der Waals surface area contributed by atoms with Crippen molar-refractivity contribution in [2.24, 2.45) is 5.92 Å². The molecule has 0 spiro atoms. The summed E-state index contributed by atoms with van der Waals surface area (Å²) < 4.78 is 0. The number of nitrogens with one attached hydrogen (secondary N) is 1. The molecule has 0 saturated carbocycles. The second-order valence-electron chi connectivity index (χ2n) is 5.61. The quantitative estimate of drug-likeness (QED) is 0.884. The lowest BCUT2D eigenvalue weighted by Gasteiger charge is -2.36. The summed E-state index contributed by atoms with van der Waals surface area (Å²) in [5, 5.41) is 3.63. The van der Waals surface area contributed by atoms with E-state index < -0.39 is 0 Å². The first-order chi connectivity index (χ1) is 9.20. The van der Waals surface area contributed by atoms with Crippen molar-refractivity contribution >= 4 is 5.82 Å². The highest BCUT2D eigenvalue weighted by molar-refractivity contribution is 5.39. The molecule has 4 nitrogen and oxygen atoms in total. The Hall–Kier alpha value is -1.16. The Morgan fingerprint density at radius 3 is 3.05 bits per heavy atom. The number of aryl methyl sites for hydroxylation is 1. The highest BCUT2D eigenvalue weighted by Gasteiger charge is 2.25. The van der Waals surface area contributed by atoms with Crippen molar-refractivity contribution in [3.63, 3.8) is 0 Å². The Bertz CT molecular complexity index is 393. The molecule has 0 aliphatic carbocycles. The Kier molecular flexibility index (Phi) is 5.14. The summed E-state index contributed by atoms with van der Waals surface area (Å²) in [5.41, 5.74) is 1.05. The van der Waals surface area contributed by atoms with E-state index in [1.165, 1.54) is 19.3 Å². The van der Waals surface area contributed by atoms with Gasteiger partial charge in [0, 0.05) is 30.9 Å². The van der Waals surface area contributed by atoms with Gasteiger partial charge in [0.15, 0.2) is 0 Å². The zero-order valence-corrected chi connectivity index (χ0v) is 12.4. The number of rotatable bonds is 5. The molecule has 2 heterocycles. The topological polar surface area (TPSA) is 41.0 Å². The lowest BCUT2D eigenvalue weighted by atomic mass is 9.91. The van der Waals surface area contributed by atoms with E-state index in [0.29, 0.717) is 6.04 Å². The van der Waals surface area contributed by atoms with Crippen LogP contribution in [0, 0.1) is 12.8 Å². The molecule has 1 saturated heterocycles. The lowest BCUT2D eigenvalue weighted by molar-refractivity contribution is 0.320. The van der Waals surface area contributed by atoms with Crippen LogP contribution in [0.15, 0.2) is 12.4 Å². The van der Waals surface area contributed by atoms with E-state index >= 15 is 0 Å². The molecule has 1 N–H and O–H groups in total. The molecule has 1 aromatic heterocycles. The average molecular weight is 262 g/mol. The van der Waals surface area contributed by atoms with E-state index in [1.54, 1.807) is 6.33 Å². The maximum absolute atomic E-state index is 4.41. The third-order valence-electron chi connectivity index (χ3n) is 3.99. The van der Waals surface area contributed by atoms with E-state index in [9.17, 15) is 0 Å². The number of nitrogens with zero attached hydrogens (tertiary/aromatic N) is 3. The van der Waals surface area contributed by atoms with Gasteiger partial charge in [-0.2, -0.15) is 0 Å². The van der Waals surface area contributed by atoms with Crippen molar-refractivity contribution in [3.8, 4) is 0 Å². The number of hydrogen-bond acceptors (Lipinski definition) is 4. The standard InChI is InChI=1S/C15H26N4/c1-4-7-16-13(3)14-6-5-8-19(10-14)15-9-12(2)17-11-18-15/h9,11,13-14,16H,4-8,10H2,1-3H3. The van der Waals surface area contributed by atoms with Crippen molar-refractivity contribution in [2.45, 2.75) is 46.1 Å². The second-order valence-corrected chi connectivity index (χ2v) is 5.61. The van der Waals surface area contributed by atoms with Gasteiger partial charge in [0.1, 0.15) is 12.1 Å². The van der Waals surface area contributed by atoms with Gasteiger partial charge in [-0.15, -0.1) is 0 Å². The van der Waals surface area contributed by atoms with E-state index in [4.69, 9.17) is 0 Å². The number of aromatic nitrogens is 2. The summed E-state index contributed by atoms with van der Waals surface area (Å²) in [5.74, 6) is 1.80. The first-order valence-corrected chi connectivity index (χ1v) is 7.47. The van der Waals surface area contributed by atoms with Crippen LogP contribution in [-0.2, 0) is 0 Å². The van der Waals surface area contributed by atoms with Crippen LogP contribution in [0.1, 0.15) is 38.8 Å². The summed E-state index contributed by atoms with van der Waals surface area (Å²) >= 11 is 0. The van der Waals surface area contributed by atoms with Crippen molar-refractivity contribution in [1.29, 1.82) is 0 Å². The predicted octanol–water partition coefficient (Wildman–Crippen LogP) is 2.39. The monoisotopic (exact) mass is 262 g/mol. The highest BCUT2D eigenvalue weighted by atomic mass is 15.2. The van der Waals surface area contributed by atoms with Gasteiger partial charge in [0.25, 0.3) is 0 Å². The molecule has 2 unspecified atom stereocenters. The largest absolute Gasteiger partial charge is 0.356 e. The molecule has 1 fully saturated rings. The minimum absolute atomic E-state index is 0.589. The molecule has 0 amide bonds. The van der Waals surface area contributed by atoms with Gasteiger partial charge in [0.2, 0.25) is 0 Å². The van der Waals surface area contributed by atoms with Crippen LogP contribution < -0.4 is 10.2 Å². The van der Waals surface area contributed by atoms with Gasteiger partial charge in [-0.25, -0.2) is 9.97 Å². The fourth-order valence-corrected chi connectivity index (χ4v) is 2.78. The Labute approximate surface area is 116 Å². The van der Waals surface area contributed by atoms with Gasteiger partial charge in [-0.05, 0) is 45.6 Å². The summed E-state index contributed by atoms with van der Waals surface area (Å²) in [6, 6.07) is 2.68. The summed E-state index contributed by atoms with van der Waals surface area (Å²) in [6.07, 6.45) is 5.45. The Morgan fingerprint density at radius 2 is 2.32 bits per heavy atom. The number of anilines is 1. The Morgan fingerprint density at radius 1 is 1.47 bits per heavy atom. The van der Waals surface area contributed by atoms with Crippen LogP contribution in [0.2, 0.25) is 0 Å². The summed E-state index contributed by atoms with van der Waals surface area (Å²) in [6.45, 7) is 9.90. The van der Waals surface area contributed by atoms with Gasteiger partial charge in [-0.1, -0.05) is 6.92 Å². The van der Waals surface area contributed by atoms with Crippen LogP contribution in [0.5, 0.6) is 0 Å². The van der Waals surface area contributed by atoms with Crippen LogP contribution in [0.4, 0.5) is 5.82 Å². The fourth-order valence-electron chi connectivity index (χ4n) is 2.78. The van der Waals surface area contributed by atoms with Crippen molar-refractivity contribution < 1.29 is 0 Å². The minimum Gasteiger partial charge on any atom is -0.356 e. The molecule has 1 aliphatic rings. The van der Waals surface area contributed by atoms with Gasteiger partial charge >= 0.3 is 0 Å². The van der Waals surface area contributed by atoms with E-state index in [-0.39, 0.29) is 0 Å². The molecular weight excluding hydrogens is 236 g/mol. The van der Waals surface area contributed by atoms with Crippen LogP contribution >= 0.6 is 0 Å². The molecule has 1 aromatic rings.